The number of aromatic nitrogens is 2. The molecule has 0 aliphatic carbocycles. The van der Waals surface area contributed by atoms with E-state index in [4.69, 9.17) is 16.6 Å². The summed E-state index contributed by atoms with van der Waals surface area (Å²) in [6.07, 6.45) is 8.44. The first-order chi connectivity index (χ1) is 19.1. The number of benzene rings is 2. The van der Waals surface area contributed by atoms with Gasteiger partial charge in [0.2, 0.25) is 6.41 Å². The van der Waals surface area contributed by atoms with Crippen LogP contribution in [0.15, 0.2) is 53.6 Å². The van der Waals surface area contributed by atoms with E-state index in [-0.39, 0.29) is 18.5 Å². The van der Waals surface area contributed by atoms with Crippen LogP contribution in [0.3, 0.4) is 0 Å². The predicted octanol–water partition coefficient (Wildman–Crippen LogP) is 4.40. The first kappa shape index (κ1) is 37.5. The number of terminal acetylenes is 1. The van der Waals surface area contributed by atoms with Gasteiger partial charge in [0.1, 0.15) is 6.54 Å². The molecule has 0 unspecified atom stereocenters. The lowest BCUT2D eigenvalue weighted by atomic mass is 10.2. The number of carbonyl (C=O) groups excluding carboxylic acids is 1. The number of anilines is 1. The molecule has 0 spiro atoms. The van der Waals surface area contributed by atoms with Crippen molar-refractivity contribution in [3.63, 3.8) is 0 Å². The number of aromatic amines is 1. The van der Waals surface area contributed by atoms with Crippen LogP contribution >= 0.6 is 0 Å². The van der Waals surface area contributed by atoms with Crippen molar-refractivity contribution in [1.82, 2.24) is 15.3 Å². The third kappa shape index (κ3) is 17.7. The van der Waals surface area contributed by atoms with Crippen molar-refractivity contribution in [2.45, 2.75) is 54.4 Å². The minimum atomic E-state index is -1.04. The number of rotatable bonds is 8. The standard InChI is InChI=1S/C13H17N.C9H8N2O.C3H5NO3.C3H6O2.C2H6/c1-4-10-14(11-5-2)13-8-6-12(3)7-9-13;1-6-2-3-7-8(4-6)10-5-11-9(7)12;5-2-4-1-3(6)7;1-2-3(4)5;1-2/h1,6-9H,5,10-11H2,2-3H3;2-5H,1H3,(H,10,11,12);2H,1H2,(H,4,5)(H,6,7);2H2,1H3,(H,4,5);1-2H3. The maximum Gasteiger partial charge on any atom is 0.322 e. The minimum absolute atomic E-state index is 0.0833. The highest BCUT2D eigenvalue weighted by Gasteiger charge is 2.02. The number of nitrogens with zero attached hydrogens (tertiary/aromatic N) is 2. The fraction of sp³-hybridized carbons (Fsp3) is 0.367. The number of aliphatic carboxylic acids is 2. The fourth-order valence-corrected chi connectivity index (χ4v) is 2.74. The Morgan fingerprint density at radius 3 is 2.08 bits per heavy atom. The molecule has 218 valence electrons. The Balaban J connectivity index is 0. The van der Waals surface area contributed by atoms with Gasteiger partial charge < -0.3 is 25.4 Å². The molecular weight excluding hydrogens is 512 g/mol. The number of carbonyl (C=O) groups is 3. The van der Waals surface area contributed by atoms with Crippen molar-refractivity contribution in [2.24, 2.45) is 0 Å². The third-order valence-electron chi connectivity index (χ3n) is 4.61. The van der Waals surface area contributed by atoms with Crippen LogP contribution in [0.25, 0.3) is 10.9 Å². The van der Waals surface area contributed by atoms with Gasteiger partial charge in [0.15, 0.2) is 0 Å². The molecule has 0 saturated carbocycles. The molecule has 3 aromatic rings. The number of carboxylic acid groups (broad SMARTS) is 2. The van der Waals surface area contributed by atoms with Gasteiger partial charge in [0.25, 0.3) is 5.56 Å². The van der Waals surface area contributed by atoms with E-state index in [2.05, 4.69) is 58.9 Å². The van der Waals surface area contributed by atoms with Crippen molar-refractivity contribution in [1.29, 1.82) is 0 Å². The Labute approximate surface area is 236 Å². The molecule has 1 aromatic heterocycles. The van der Waals surface area contributed by atoms with E-state index in [1.807, 2.05) is 38.2 Å². The molecule has 3 rings (SSSR count). The van der Waals surface area contributed by atoms with E-state index in [0.717, 1.165) is 24.0 Å². The number of aryl methyl sites for hydroxylation is 2. The number of hydrogen-bond donors (Lipinski definition) is 4. The van der Waals surface area contributed by atoms with Crippen LogP contribution in [-0.2, 0) is 14.4 Å². The van der Waals surface area contributed by atoms with E-state index >= 15 is 0 Å². The van der Waals surface area contributed by atoms with E-state index in [1.165, 1.54) is 17.6 Å². The van der Waals surface area contributed by atoms with Crippen molar-refractivity contribution < 1.29 is 24.6 Å². The van der Waals surface area contributed by atoms with Gasteiger partial charge in [-0.15, -0.1) is 6.42 Å². The summed E-state index contributed by atoms with van der Waals surface area (Å²) in [5, 5.41) is 18.2. The van der Waals surface area contributed by atoms with Gasteiger partial charge in [-0.3, -0.25) is 19.2 Å². The molecule has 10 heteroatoms. The highest BCUT2D eigenvalue weighted by atomic mass is 16.4. The van der Waals surface area contributed by atoms with Crippen LogP contribution in [0, 0.1) is 26.2 Å². The topological polar surface area (TPSA) is 153 Å². The monoisotopic (exact) mass is 554 g/mol. The molecule has 10 nitrogen and oxygen atoms in total. The normalized spacial score (nSPS) is 8.82. The molecular formula is C30H42N4O6. The van der Waals surface area contributed by atoms with Crippen molar-refractivity contribution in [3.05, 3.63) is 70.3 Å². The Bertz CT molecular complexity index is 1230. The Hall–Kier alpha value is -4.65. The van der Waals surface area contributed by atoms with Crippen LogP contribution < -0.4 is 15.8 Å². The van der Waals surface area contributed by atoms with Crippen molar-refractivity contribution >= 4 is 34.9 Å². The van der Waals surface area contributed by atoms with Crippen LogP contribution in [0.5, 0.6) is 0 Å². The SMILES string of the molecule is C#CCN(CCC)c1ccc(C)cc1.CC.CCC(=O)O.Cc1ccc2c(=O)[nH]cnc2c1.O=CNCC(=O)O. The lowest BCUT2D eigenvalue weighted by Gasteiger charge is -2.21. The van der Waals surface area contributed by atoms with Crippen molar-refractivity contribution in [2.75, 3.05) is 24.5 Å². The van der Waals surface area contributed by atoms with E-state index < -0.39 is 11.9 Å². The summed E-state index contributed by atoms with van der Waals surface area (Å²) in [5.41, 5.74) is 4.28. The summed E-state index contributed by atoms with van der Waals surface area (Å²) >= 11 is 0. The van der Waals surface area contributed by atoms with E-state index in [0.29, 0.717) is 18.3 Å². The second kappa shape index (κ2) is 23.5. The first-order valence-electron chi connectivity index (χ1n) is 12.9. The van der Waals surface area contributed by atoms with Gasteiger partial charge in [-0.05, 0) is 50.1 Å². The van der Waals surface area contributed by atoms with Crippen molar-refractivity contribution in [3.8, 4) is 12.3 Å². The van der Waals surface area contributed by atoms with Crippen LogP contribution in [0.4, 0.5) is 5.69 Å². The maximum atomic E-state index is 11.2. The highest BCUT2D eigenvalue weighted by Crippen LogP contribution is 2.14. The smallest absolute Gasteiger partial charge is 0.322 e. The summed E-state index contributed by atoms with van der Waals surface area (Å²) < 4.78 is 0. The second-order valence-electron chi connectivity index (χ2n) is 7.85. The first-order valence-corrected chi connectivity index (χ1v) is 12.9. The maximum absolute atomic E-state index is 11.2. The lowest BCUT2D eigenvalue weighted by Crippen LogP contribution is -2.24. The predicted molar refractivity (Wildman–Crippen MR) is 161 cm³/mol. The number of carboxylic acids is 2. The van der Waals surface area contributed by atoms with Gasteiger partial charge in [0.05, 0.1) is 23.8 Å². The van der Waals surface area contributed by atoms with Crippen LogP contribution in [0.1, 0.15) is 51.7 Å². The minimum Gasteiger partial charge on any atom is -0.481 e. The molecule has 1 heterocycles. The van der Waals surface area contributed by atoms with E-state index in [9.17, 15) is 19.2 Å². The zero-order valence-electron chi connectivity index (χ0n) is 24.2. The highest BCUT2D eigenvalue weighted by molar-refractivity contribution is 5.77. The molecule has 0 aliphatic heterocycles. The Morgan fingerprint density at radius 2 is 1.62 bits per heavy atom. The third-order valence-corrected chi connectivity index (χ3v) is 4.61. The molecule has 0 saturated heterocycles. The summed E-state index contributed by atoms with van der Waals surface area (Å²) in [7, 11) is 0. The lowest BCUT2D eigenvalue weighted by molar-refractivity contribution is -0.137. The Morgan fingerprint density at radius 1 is 1.05 bits per heavy atom. The number of fused-ring (bicyclic) bond motifs is 1. The second-order valence-corrected chi connectivity index (χ2v) is 7.85. The number of H-pyrrole nitrogens is 1. The molecule has 0 atom stereocenters. The summed E-state index contributed by atoms with van der Waals surface area (Å²) in [6.45, 7) is 13.2. The quantitative estimate of drug-likeness (QED) is 0.236. The molecule has 4 N–H and O–H groups in total. The van der Waals surface area contributed by atoms with Crippen LogP contribution in [-0.4, -0.2) is 58.2 Å². The Kier molecular flexibility index (Phi) is 22.0. The van der Waals surface area contributed by atoms with Gasteiger partial charge >= 0.3 is 11.9 Å². The number of amides is 1. The van der Waals surface area contributed by atoms with Gasteiger partial charge in [0, 0.05) is 18.7 Å². The fourth-order valence-electron chi connectivity index (χ4n) is 2.74. The average molecular weight is 555 g/mol. The summed E-state index contributed by atoms with van der Waals surface area (Å²) in [4.78, 5) is 48.2. The molecule has 0 bridgehead atoms. The van der Waals surface area contributed by atoms with Gasteiger partial charge in [-0.2, -0.15) is 0 Å². The number of hydrogen-bond acceptors (Lipinski definition) is 6. The largest absolute Gasteiger partial charge is 0.481 e. The summed E-state index contributed by atoms with van der Waals surface area (Å²) in [6, 6.07) is 14.1. The molecule has 2 aromatic carbocycles. The zero-order chi connectivity index (χ0) is 30.9. The summed E-state index contributed by atoms with van der Waals surface area (Å²) in [5.74, 6) is 0.911. The molecule has 1 amide bonds. The zero-order valence-corrected chi connectivity index (χ0v) is 24.2. The number of nitrogens with one attached hydrogen (secondary N) is 2. The molecule has 0 fully saturated rings. The molecule has 0 radical (unpaired) electrons. The average Bonchev–Trinajstić information content (AvgIpc) is 2.94. The van der Waals surface area contributed by atoms with Gasteiger partial charge in [-0.1, -0.05) is 57.4 Å². The van der Waals surface area contributed by atoms with E-state index in [1.54, 1.807) is 13.0 Å². The van der Waals surface area contributed by atoms with Gasteiger partial charge in [-0.25, -0.2) is 4.98 Å². The molecule has 0 aliphatic rings. The molecule has 40 heavy (non-hydrogen) atoms. The van der Waals surface area contributed by atoms with Crippen LogP contribution in [0.2, 0.25) is 0 Å².